The van der Waals surface area contributed by atoms with Crippen molar-refractivity contribution < 1.29 is 4.92 Å². The van der Waals surface area contributed by atoms with Gasteiger partial charge in [-0.05, 0) is 24.4 Å². The number of nitrogens with zero attached hydrogens (tertiary/aromatic N) is 2. The van der Waals surface area contributed by atoms with Crippen LogP contribution in [0.1, 0.15) is 10.4 Å². The highest BCUT2D eigenvalue weighted by molar-refractivity contribution is 7.10. The minimum absolute atomic E-state index is 0.0434. The summed E-state index contributed by atoms with van der Waals surface area (Å²) in [6.07, 6.45) is 1.70. The van der Waals surface area contributed by atoms with E-state index >= 15 is 0 Å². The predicted molar refractivity (Wildman–Crippen MR) is 73.4 cm³/mol. The van der Waals surface area contributed by atoms with Gasteiger partial charge in [0.05, 0.1) is 16.8 Å². The van der Waals surface area contributed by atoms with Crippen LogP contribution in [0.15, 0.2) is 40.8 Å². The third-order valence-electron chi connectivity index (χ3n) is 2.35. The molecule has 0 aliphatic carbocycles. The van der Waals surface area contributed by atoms with Crippen molar-refractivity contribution in [3.63, 3.8) is 0 Å². The first-order chi connectivity index (χ1) is 8.66. The average Bonchev–Trinajstić information content (AvgIpc) is 2.76. The van der Waals surface area contributed by atoms with Crippen LogP contribution in [0, 0.1) is 17.0 Å². The molecule has 2 aromatic rings. The molecule has 0 atom stereocenters. The summed E-state index contributed by atoms with van der Waals surface area (Å²) in [6.45, 7) is 2.01. The van der Waals surface area contributed by atoms with Crippen molar-refractivity contribution in [3.8, 4) is 0 Å². The van der Waals surface area contributed by atoms with Crippen LogP contribution >= 0.6 is 11.3 Å². The summed E-state index contributed by atoms with van der Waals surface area (Å²) >= 11 is 1.65. The van der Waals surface area contributed by atoms with Crippen LogP contribution in [0.25, 0.3) is 0 Å². The van der Waals surface area contributed by atoms with Gasteiger partial charge in [0.15, 0.2) is 0 Å². The standard InChI is InChI=1S/C12H11N3O2S/c1-9-10(5-6-18-9)8-13-14-11-3-2-4-12(7-11)15(16)17/h2-8,14H,1H3. The monoisotopic (exact) mass is 261 g/mol. The Labute approximate surface area is 108 Å². The molecule has 2 rings (SSSR count). The van der Waals surface area contributed by atoms with Crippen LogP contribution in [-0.4, -0.2) is 11.1 Å². The fourth-order valence-corrected chi connectivity index (χ4v) is 2.07. The second kappa shape index (κ2) is 5.42. The Morgan fingerprint density at radius 1 is 1.44 bits per heavy atom. The number of thiophene rings is 1. The number of nitro groups is 1. The summed E-state index contributed by atoms with van der Waals surface area (Å²) in [7, 11) is 0. The van der Waals surface area contributed by atoms with Gasteiger partial charge in [-0.15, -0.1) is 11.3 Å². The third-order valence-corrected chi connectivity index (χ3v) is 3.21. The van der Waals surface area contributed by atoms with Crippen LogP contribution in [-0.2, 0) is 0 Å². The number of non-ortho nitro benzene ring substituents is 1. The molecule has 92 valence electrons. The normalized spacial score (nSPS) is 10.7. The Bertz CT molecular complexity index is 593. The molecule has 0 unspecified atom stereocenters. The summed E-state index contributed by atoms with van der Waals surface area (Å²) in [4.78, 5) is 11.3. The second-order valence-corrected chi connectivity index (χ2v) is 4.73. The van der Waals surface area contributed by atoms with Crippen molar-refractivity contribution in [1.82, 2.24) is 0 Å². The molecule has 1 N–H and O–H groups in total. The van der Waals surface area contributed by atoms with Gasteiger partial charge in [-0.25, -0.2) is 0 Å². The van der Waals surface area contributed by atoms with E-state index in [-0.39, 0.29) is 5.69 Å². The molecule has 18 heavy (non-hydrogen) atoms. The molecule has 0 fully saturated rings. The van der Waals surface area contributed by atoms with Gasteiger partial charge in [-0.3, -0.25) is 15.5 Å². The maximum Gasteiger partial charge on any atom is 0.271 e. The summed E-state index contributed by atoms with van der Waals surface area (Å²) < 4.78 is 0. The molecule has 0 radical (unpaired) electrons. The molecule has 0 saturated carbocycles. The first kappa shape index (κ1) is 12.3. The van der Waals surface area contributed by atoms with E-state index in [4.69, 9.17) is 0 Å². The molecule has 1 aromatic heterocycles. The van der Waals surface area contributed by atoms with Gasteiger partial charge in [0.2, 0.25) is 0 Å². The Morgan fingerprint density at radius 3 is 2.94 bits per heavy atom. The smallest absolute Gasteiger partial charge is 0.271 e. The predicted octanol–water partition coefficient (Wildman–Crippen LogP) is 3.41. The Balaban J connectivity index is 2.06. The van der Waals surface area contributed by atoms with Crippen molar-refractivity contribution in [2.75, 3.05) is 5.43 Å². The molecule has 0 aliphatic rings. The van der Waals surface area contributed by atoms with Crippen LogP contribution < -0.4 is 5.43 Å². The lowest BCUT2D eigenvalue weighted by molar-refractivity contribution is -0.384. The highest BCUT2D eigenvalue weighted by atomic mass is 32.1. The summed E-state index contributed by atoms with van der Waals surface area (Å²) in [5.41, 5.74) is 4.45. The van der Waals surface area contributed by atoms with Gasteiger partial charge < -0.3 is 0 Å². The number of rotatable bonds is 4. The number of aryl methyl sites for hydroxylation is 1. The molecule has 1 aromatic carbocycles. The SMILES string of the molecule is Cc1sccc1C=NNc1cccc([N+](=O)[O-])c1. The maximum absolute atomic E-state index is 10.6. The largest absolute Gasteiger partial charge is 0.278 e. The van der Waals surface area contributed by atoms with E-state index in [0.29, 0.717) is 5.69 Å². The maximum atomic E-state index is 10.6. The molecule has 0 aliphatic heterocycles. The van der Waals surface area contributed by atoms with E-state index in [1.165, 1.54) is 17.0 Å². The lowest BCUT2D eigenvalue weighted by atomic mass is 10.3. The topological polar surface area (TPSA) is 67.5 Å². The zero-order valence-corrected chi connectivity index (χ0v) is 10.5. The van der Waals surface area contributed by atoms with Crippen molar-refractivity contribution in [1.29, 1.82) is 0 Å². The summed E-state index contributed by atoms with van der Waals surface area (Å²) in [5.74, 6) is 0. The van der Waals surface area contributed by atoms with Gasteiger partial charge in [0, 0.05) is 22.6 Å². The minimum Gasteiger partial charge on any atom is -0.278 e. The zero-order valence-electron chi connectivity index (χ0n) is 9.66. The minimum atomic E-state index is -0.433. The van der Waals surface area contributed by atoms with Gasteiger partial charge in [0.25, 0.3) is 5.69 Å². The zero-order chi connectivity index (χ0) is 13.0. The van der Waals surface area contributed by atoms with E-state index in [1.54, 1.807) is 29.7 Å². The van der Waals surface area contributed by atoms with Gasteiger partial charge in [-0.2, -0.15) is 5.10 Å². The number of anilines is 1. The first-order valence-corrected chi connectivity index (χ1v) is 6.12. The molecular weight excluding hydrogens is 250 g/mol. The molecule has 0 spiro atoms. The lowest BCUT2D eigenvalue weighted by Gasteiger charge is -1.99. The number of nitro benzene ring substituents is 1. The van der Waals surface area contributed by atoms with Crippen LogP contribution in [0.3, 0.4) is 0 Å². The van der Waals surface area contributed by atoms with Gasteiger partial charge in [-0.1, -0.05) is 6.07 Å². The van der Waals surface area contributed by atoms with E-state index in [1.807, 2.05) is 18.4 Å². The van der Waals surface area contributed by atoms with Crippen LogP contribution in [0.4, 0.5) is 11.4 Å². The quantitative estimate of drug-likeness (QED) is 0.521. The number of hydrogen-bond donors (Lipinski definition) is 1. The van der Waals surface area contributed by atoms with E-state index in [2.05, 4.69) is 10.5 Å². The fraction of sp³-hybridized carbons (Fsp3) is 0.0833. The number of benzene rings is 1. The van der Waals surface area contributed by atoms with E-state index in [0.717, 1.165) is 5.56 Å². The van der Waals surface area contributed by atoms with Gasteiger partial charge in [0.1, 0.15) is 0 Å². The lowest BCUT2D eigenvalue weighted by Crippen LogP contribution is -1.93. The fourth-order valence-electron chi connectivity index (χ4n) is 1.39. The van der Waals surface area contributed by atoms with E-state index in [9.17, 15) is 10.1 Å². The van der Waals surface area contributed by atoms with Gasteiger partial charge >= 0.3 is 0 Å². The Morgan fingerprint density at radius 2 is 2.28 bits per heavy atom. The Kier molecular flexibility index (Phi) is 3.69. The highest BCUT2D eigenvalue weighted by Crippen LogP contribution is 2.17. The molecule has 0 saturated heterocycles. The third kappa shape index (κ3) is 2.92. The van der Waals surface area contributed by atoms with Crippen LogP contribution in [0.2, 0.25) is 0 Å². The van der Waals surface area contributed by atoms with Crippen molar-refractivity contribution in [2.45, 2.75) is 6.92 Å². The molecular formula is C12H11N3O2S. The first-order valence-electron chi connectivity index (χ1n) is 5.24. The van der Waals surface area contributed by atoms with Crippen molar-refractivity contribution in [2.24, 2.45) is 5.10 Å². The molecule has 1 heterocycles. The van der Waals surface area contributed by atoms with E-state index < -0.39 is 4.92 Å². The molecule has 0 amide bonds. The summed E-state index contributed by atoms with van der Waals surface area (Å²) in [6, 6.07) is 8.20. The highest BCUT2D eigenvalue weighted by Gasteiger charge is 2.04. The number of hydrogen-bond acceptors (Lipinski definition) is 5. The van der Waals surface area contributed by atoms with Crippen molar-refractivity contribution in [3.05, 3.63) is 56.3 Å². The molecule has 0 bridgehead atoms. The number of hydrazone groups is 1. The molecule has 5 nitrogen and oxygen atoms in total. The number of nitrogens with one attached hydrogen (secondary N) is 1. The van der Waals surface area contributed by atoms with Crippen LogP contribution in [0.5, 0.6) is 0 Å². The molecule has 6 heteroatoms. The average molecular weight is 261 g/mol. The Hall–Kier alpha value is -2.21. The summed E-state index contributed by atoms with van der Waals surface area (Å²) in [5, 5.41) is 16.6. The second-order valence-electron chi connectivity index (χ2n) is 3.61. The van der Waals surface area contributed by atoms with Crippen molar-refractivity contribution >= 4 is 28.9 Å².